The molecule has 0 saturated heterocycles. The lowest BCUT2D eigenvalue weighted by Crippen LogP contribution is -2.27. The van der Waals surface area contributed by atoms with Crippen molar-refractivity contribution in [3.63, 3.8) is 0 Å². The Hall–Kier alpha value is -4.45. The number of ketones is 1. The summed E-state index contributed by atoms with van der Waals surface area (Å²) in [6.07, 6.45) is 4.34. The summed E-state index contributed by atoms with van der Waals surface area (Å²) in [5.74, 6) is 3.70. The second-order valence-electron chi connectivity index (χ2n) is 7.22. The molecule has 4 rings (SSSR count). The van der Waals surface area contributed by atoms with E-state index in [1.54, 1.807) is 18.3 Å². The number of hydrogen-bond acceptors (Lipinski definition) is 6. The van der Waals surface area contributed by atoms with Gasteiger partial charge in [0.1, 0.15) is 5.56 Å². The van der Waals surface area contributed by atoms with Gasteiger partial charge >= 0.3 is 0 Å². The van der Waals surface area contributed by atoms with Gasteiger partial charge in [-0.15, -0.1) is 0 Å². The number of benzene rings is 2. The second-order valence-corrected chi connectivity index (χ2v) is 7.22. The molecule has 0 radical (unpaired) electrons. The molecule has 0 bridgehead atoms. The Morgan fingerprint density at radius 2 is 1.94 bits per heavy atom. The molecule has 33 heavy (non-hydrogen) atoms. The number of nitrogen functional groups attached to an aromatic ring is 1. The van der Waals surface area contributed by atoms with Crippen LogP contribution < -0.4 is 11.3 Å². The number of nitrogens with zero attached hydrogens (tertiary/aromatic N) is 4. The first-order valence-corrected chi connectivity index (χ1v) is 9.93. The lowest BCUT2D eigenvalue weighted by atomic mass is 10.1. The summed E-state index contributed by atoms with van der Waals surface area (Å²) in [4.78, 5) is 37.2. The van der Waals surface area contributed by atoms with E-state index in [0.717, 1.165) is 23.1 Å². The topological polar surface area (TPSA) is 104 Å². The number of Topliss-reactive ketones (excluding diaryl/α,β-unsaturated/α-hetero) is 1. The van der Waals surface area contributed by atoms with Gasteiger partial charge in [-0.25, -0.2) is 23.7 Å². The zero-order valence-electron chi connectivity index (χ0n) is 17.3. The Labute approximate surface area is 186 Å². The second kappa shape index (κ2) is 9.36. The van der Waals surface area contributed by atoms with Crippen molar-refractivity contribution in [2.75, 3.05) is 5.73 Å². The number of rotatable bonds is 5. The summed E-state index contributed by atoms with van der Waals surface area (Å²) in [5, 5.41) is 0.795. The molecule has 2 aromatic heterocycles. The molecule has 0 spiro atoms. The van der Waals surface area contributed by atoms with Crippen molar-refractivity contribution in [3.8, 4) is 11.8 Å². The first kappa shape index (κ1) is 21.8. The van der Waals surface area contributed by atoms with E-state index < -0.39 is 23.0 Å². The molecule has 2 heterocycles. The fraction of sp³-hybridized carbons (Fsp3) is 0.125. The summed E-state index contributed by atoms with van der Waals surface area (Å²) in [7, 11) is 0. The summed E-state index contributed by atoms with van der Waals surface area (Å²) in [6, 6.07) is 8.74. The fourth-order valence-electron chi connectivity index (χ4n) is 3.19. The average molecular weight is 445 g/mol. The molecule has 0 aliphatic heterocycles. The molecule has 2 aromatic carbocycles. The molecule has 2 N–H and O–H groups in total. The number of aromatic nitrogens is 4. The van der Waals surface area contributed by atoms with Crippen LogP contribution in [0, 0.1) is 23.5 Å². The van der Waals surface area contributed by atoms with E-state index in [2.05, 4.69) is 26.8 Å². The number of hydrogen-bond donors (Lipinski definition) is 1. The molecule has 164 valence electrons. The summed E-state index contributed by atoms with van der Waals surface area (Å²) in [5.41, 5.74) is 6.75. The minimum Gasteiger partial charge on any atom is -0.368 e. The Morgan fingerprint density at radius 3 is 2.76 bits per heavy atom. The van der Waals surface area contributed by atoms with Crippen LogP contribution in [0.2, 0.25) is 0 Å². The normalized spacial score (nSPS) is 10.6. The van der Waals surface area contributed by atoms with Crippen molar-refractivity contribution >= 4 is 22.6 Å². The van der Waals surface area contributed by atoms with Gasteiger partial charge in [-0.3, -0.25) is 14.2 Å². The third-order valence-corrected chi connectivity index (χ3v) is 4.85. The highest BCUT2D eigenvalue weighted by Gasteiger charge is 2.13. The van der Waals surface area contributed by atoms with Crippen LogP contribution in [0.5, 0.6) is 0 Å². The van der Waals surface area contributed by atoms with Crippen molar-refractivity contribution in [2.45, 2.75) is 19.4 Å². The zero-order valence-corrected chi connectivity index (χ0v) is 17.3. The third kappa shape index (κ3) is 5.07. The van der Waals surface area contributed by atoms with Crippen molar-refractivity contribution in [3.05, 3.63) is 93.8 Å². The number of nitrogens with two attached hydrogens (primary N) is 1. The number of carbonyl (C=O) groups is 1. The van der Waals surface area contributed by atoms with Crippen LogP contribution in [0.15, 0.2) is 59.9 Å². The summed E-state index contributed by atoms with van der Waals surface area (Å²) >= 11 is 0. The lowest BCUT2D eigenvalue weighted by molar-refractivity contribution is 0.0982. The van der Waals surface area contributed by atoms with Gasteiger partial charge in [0.25, 0.3) is 5.56 Å². The smallest absolute Gasteiger partial charge is 0.264 e. The Balaban J connectivity index is 1.43. The number of halogens is 2. The van der Waals surface area contributed by atoms with Gasteiger partial charge in [0.05, 0.1) is 18.4 Å². The van der Waals surface area contributed by atoms with Crippen LogP contribution in [-0.4, -0.2) is 25.3 Å². The van der Waals surface area contributed by atoms with Gasteiger partial charge in [-0.05, 0) is 35.9 Å². The Morgan fingerprint density at radius 1 is 1.09 bits per heavy atom. The molecule has 0 saturated carbocycles. The van der Waals surface area contributed by atoms with Crippen LogP contribution in [0.3, 0.4) is 0 Å². The predicted molar refractivity (Wildman–Crippen MR) is 118 cm³/mol. The molecular formula is C24H17F2N5O2. The summed E-state index contributed by atoms with van der Waals surface area (Å²) < 4.78 is 27.7. The molecule has 0 unspecified atom stereocenters. The van der Waals surface area contributed by atoms with E-state index >= 15 is 0 Å². The minimum absolute atomic E-state index is 0.0341. The van der Waals surface area contributed by atoms with Crippen molar-refractivity contribution in [2.24, 2.45) is 0 Å². The molecule has 7 nitrogen and oxygen atoms in total. The molecular weight excluding hydrogens is 428 g/mol. The predicted octanol–water partition coefficient (Wildman–Crippen LogP) is 3.11. The van der Waals surface area contributed by atoms with E-state index in [4.69, 9.17) is 5.73 Å². The van der Waals surface area contributed by atoms with Crippen LogP contribution in [-0.2, 0) is 6.54 Å². The highest BCUT2D eigenvalue weighted by molar-refractivity contribution is 5.95. The van der Waals surface area contributed by atoms with Gasteiger partial charge in [0, 0.05) is 36.2 Å². The van der Waals surface area contributed by atoms with Crippen molar-refractivity contribution in [1.82, 2.24) is 19.5 Å². The maximum atomic E-state index is 13.4. The van der Waals surface area contributed by atoms with Gasteiger partial charge < -0.3 is 5.73 Å². The van der Waals surface area contributed by atoms with Gasteiger partial charge in [-0.1, -0.05) is 17.9 Å². The maximum Gasteiger partial charge on any atom is 0.264 e. The molecule has 0 aliphatic carbocycles. The molecule has 0 aliphatic rings. The average Bonchev–Trinajstić information content (AvgIpc) is 2.80. The highest BCUT2D eigenvalue weighted by atomic mass is 19.2. The van der Waals surface area contributed by atoms with Gasteiger partial charge in [0.15, 0.2) is 17.4 Å². The van der Waals surface area contributed by atoms with Crippen LogP contribution in [0.1, 0.15) is 34.3 Å². The number of carbonyl (C=O) groups excluding carboxylic acids is 1. The zero-order chi connectivity index (χ0) is 23.4. The molecule has 0 amide bonds. The van der Waals surface area contributed by atoms with Crippen molar-refractivity contribution < 1.29 is 13.6 Å². The number of anilines is 1. The standard InChI is InChI=1S/C24H17F2N5O2/c25-19-7-5-16(10-20(19)26)13-31-14-28-12-18(23(31)33)22(32)4-2-1-3-15-6-8-21-17(9-15)11-29-24(27)30-21/h5-12,14H,2,4,13H2,(H2,27,29,30). The van der Waals surface area contributed by atoms with E-state index in [0.29, 0.717) is 11.1 Å². The molecule has 0 atom stereocenters. The third-order valence-electron chi connectivity index (χ3n) is 4.85. The van der Waals surface area contributed by atoms with Crippen LogP contribution >= 0.6 is 0 Å². The fourth-order valence-corrected chi connectivity index (χ4v) is 3.19. The monoisotopic (exact) mass is 445 g/mol. The lowest BCUT2D eigenvalue weighted by Gasteiger charge is -2.07. The largest absolute Gasteiger partial charge is 0.368 e. The van der Waals surface area contributed by atoms with E-state index in [-0.39, 0.29) is 30.9 Å². The first-order valence-electron chi connectivity index (χ1n) is 9.93. The van der Waals surface area contributed by atoms with Gasteiger partial charge in [0.2, 0.25) is 5.95 Å². The van der Waals surface area contributed by atoms with Crippen LogP contribution in [0.25, 0.3) is 10.9 Å². The van der Waals surface area contributed by atoms with Crippen LogP contribution in [0.4, 0.5) is 14.7 Å². The SMILES string of the molecule is Nc1ncc2cc(C#CCCC(=O)c3cncn(Cc4ccc(F)c(F)c4)c3=O)ccc2n1. The van der Waals surface area contributed by atoms with E-state index in [9.17, 15) is 18.4 Å². The summed E-state index contributed by atoms with van der Waals surface area (Å²) in [6.45, 7) is -0.0404. The molecule has 4 aromatic rings. The highest BCUT2D eigenvalue weighted by Crippen LogP contribution is 2.13. The quantitative estimate of drug-likeness (QED) is 0.374. The van der Waals surface area contributed by atoms with Crippen molar-refractivity contribution in [1.29, 1.82) is 0 Å². The van der Waals surface area contributed by atoms with E-state index in [1.807, 2.05) is 6.07 Å². The van der Waals surface area contributed by atoms with Gasteiger partial charge in [-0.2, -0.15) is 0 Å². The molecule has 9 heteroatoms. The Bertz CT molecular complexity index is 1490. The first-order chi connectivity index (χ1) is 15.9. The molecule has 0 fully saturated rings. The number of fused-ring (bicyclic) bond motifs is 1. The minimum atomic E-state index is -1.01. The Kier molecular flexibility index (Phi) is 6.17. The maximum absolute atomic E-state index is 13.4. The van der Waals surface area contributed by atoms with E-state index in [1.165, 1.54) is 23.2 Å².